The predicted octanol–water partition coefficient (Wildman–Crippen LogP) is 7.92. The van der Waals surface area contributed by atoms with Crippen molar-refractivity contribution in [3.05, 3.63) is 107 Å². The first kappa shape index (κ1) is 26.9. The van der Waals surface area contributed by atoms with Gasteiger partial charge in [-0.1, -0.05) is 110 Å². The van der Waals surface area contributed by atoms with Crippen LogP contribution in [0.1, 0.15) is 75.6 Å². The third kappa shape index (κ3) is 6.80. The number of rotatable bonds is 8. The van der Waals surface area contributed by atoms with Gasteiger partial charge >= 0.3 is 0 Å². The normalized spacial score (nSPS) is 17.2. The molecule has 36 heavy (non-hydrogen) atoms. The Hall–Kier alpha value is -2.11. The van der Waals surface area contributed by atoms with E-state index in [2.05, 4.69) is 35.1 Å². The Morgan fingerprint density at radius 2 is 1.39 bits per heavy atom. The SMILES string of the molecule is CC(C)(C)[S+]([O-])NC(C1CCCCC1)C(N=C(c1ccccc1)c1ccccc1)c1ccccc1Cl. The van der Waals surface area contributed by atoms with Gasteiger partial charge in [-0.25, -0.2) is 0 Å². The van der Waals surface area contributed by atoms with Crippen LogP contribution in [-0.2, 0) is 11.4 Å². The van der Waals surface area contributed by atoms with Gasteiger partial charge in [-0.3, -0.25) is 4.99 Å². The Bertz CT molecular complexity index is 1080. The van der Waals surface area contributed by atoms with Crippen molar-refractivity contribution in [2.24, 2.45) is 10.9 Å². The van der Waals surface area contributed by atoms with Crippen LogP contribution in [-0.4, -0.2) is 21.1 Å². The molecule has 1 N–H and O–H groups in total. The smallest absolute Gasteiger partial charge is 0.136 e. The van der Waals surface area contributed by atoms with Crippen LogP contribution in [0.25, 0.3) is 0 Å². The molecule has 3 unspecified atom stereocenters. The quantitative estimate of drug-likeness (QED) is 0.242. The summed E-state index contributed by atoms with van der Waals surface area (Å²) in [6.45, 7) is 6.05. The summed E-state index contributed by atoms with van der Waals surface area (Å²) in [5.41, 5.74) is 4.00. The van der Waals surface area contributed by atoms with E-state index in [-0.39, 0.29) is 16.8 Å². The summed E-state index contributed by atoms with van der Waals surface area (Å²) in [6.07, 6.45) is 5.83. The number of nitrogens with one attached hydrogen (secondary N) is 1. The number of hydrogen-bond donors (Lipinski definition) is 1. The van der Waals surface area contributed by atoms with Crippen LogP contribution >= 0.6 is 11.6 Å². The van der Waals surface area contributed by atoms with Crippen molar-refractivity contribution >= 4 is 28.7 Å². The lowest BCUT2D eigenvalue weighted by Crippen LogP contribution is -2.50. The second kappa shape index (κ2) is 12.4. The fourth-order valence-electron chi connectivity index (χ4n) is 4.92. The summed E-state index contributed by atoms with van der Waals surface area (Å²) in [5, 5.41) is 0.691. The second-order valence-electron chi connectivity index (χ2n) is 10.6. The van der Waals surface area contributed by atoms with Gasteiger partial charge in [-0.05, 0) is 51.2 Å². The maximum absolute atomic E-state index is 13.5. The van der Waals surface area contributed by atoms with Gasteiger partial charge in [0.05, 0.1) is 17.8 Å². The van der Waals surface area contributed by atoms with Gasteiger partial charge in [0.1, 0.15) is 4.75 Å². The summed E-state index contributed by atoms with van der Waals surface area (Å²) < 4.78 is 16.7. The van der Waals surface area contributed by atoms with E-state index in [4.69, 9.17) is 16.6 Å². The van der Waals surface area contributed by atoms with Gasteiger partial charge in [-0.15, -0.1) is 4.72 Å². The lowest BCUT2D eigenvalue weighted by atomic mass is 9.80. The molecule has 0 aromatic heterocycles. The highest BCUT2D eigenvalue weighted by molar-refractivity contribution is 7.90. The maximum atomic E-state index is 13.5. The van der Waals surface area contributed by atoms with E-state index in [9.17, 15) is 4.55 Å². The van der Waals surface area contributed by atoms with E-state index in [0.29, 0.717) is 10.9 Å². The Kier molecular flexibility index (Phi) is 9.30. The van der Waals surface area contributed by atoms with Crippen molar-refractivity contribution in [3.63, 3.8) is 0 Å². The van der Waals surface area contributed by atoms with Gasteiger partial charge in [0.15, 0.2) is 0 Å². The van der Waals surface area contributed by atoms with Gasteiger partial charge in [0, 0.05) is 27.5 Å². The molecule has 0 radical (unpaired) electrons. The summed E-state index contributed by atoms with van der Waals surface area (Å²) in [4.78, 5) is 5.49. The van der Waals surface area contributed by atoms with Crippen LogP contribution < -0.4 is 4.72 Å². The van der Waals surface area contributed by atoms with E-state index in [1.54, 1.807) is 0 Å². The van der Waals surface area contributed by atoms with Crippen LogP contribution in [0, 0.1) is 5.92 Å². The fraction of sp³-hybridized carbons (Fsp3) is 0.387. The number of nitrogens with zero attached hydrogens (tertiary/aromatic N) is 1. The second-order valence-corrected chi connectivity index (χ2v) is 13.0. The van der Waals surface area contributed by atoms with Crippen molar-refractivity contribution < 1.29 is 4.55 Å². The Balaban J connectivity index is 1.89. The summed E-state index contributed by atoms with van der Waals surface area (Å²) in [7, 11) is 0. The number of hydrogen-bond acceptors (Lipinski definition) is 3. The molecule has 3 aromatic rings. The van der Waals surface area contributed by atoms with Crippen LogP contribution in [0.2, 0.25) is 5.02 Å². The van der Waals surface area contributed by atoms with E-state index < -0.39 is 11.4 Å². The molecule has 3 aromatic carbocycles. The molecule has 0 amide bonds. The topological polar surface area (TPSA) is 47.4 Å². The number of benzene rings is 3. The first-order chi connectivity index (χ1) is 17.3. The highest BCUT2D eigenvalue weighted by Gasteiger charge is 2.39. The molecule has 5 heteroatoms. The number of halogens is 1. The van der Waals surface area contributed by atoms with Crippen molar-refractivity contribution in [2.45, 2.75) is 69.7 Å². The van der Waals surface area contributed by atoms with Crippen LogP contribution in [0.15, 0.2) is 89.9 Å². The van der Waals surface area contributed by atoms with Gasteiger partial charge in [0.2, 0.25) is 0 Å². The maximum Gasteiger partial charge on any atom is 0.136 e. The molecule has 3 atom stereocenters. The van der Waals surface area contributed by atoms with Gasteiger partial charge in [0.25, 0.3) is 0 Å². The van der Waals surface area contributed by atoms with Crippen molar-refractivity contribution in [3.8, 4) is 0 Å². The van der Waals surface area contributed by atoms with E-state index in [1.807, 2.05) is 75.4 Å². The monoisotopic (exact) mass is 520 g/mol. The summed E-state index contributed by atoms with van der Waals surface area (Å²) >= 11 is 5.59. The zero-order valence-corrected chi connectivity index (χ0v) is 23.1. The average Bonchev–Trinajstić information content (AvgIpc) is 2.90. The molecule has 0 bridgehead atoms. The molecule has 1 saturated carbocycles. The lowest BCUT2D eigenvalue weighted by Gasteiger charge is -2.37. The molecule has 0 saturated heterocycles. The molecular formula is C31H37ClN2OS. The summed E-state index contributed by atoms with van der Waals surface area (Å²) in [5.74, 6) is 0.364. The van der Waals surface area contributed by atoms with Gasteiger partial charge in [-0.2, -0.15) is 0 Å². The Morgan fingerprint density at radius 3 is 1.92 bits per heavy atom. The first-order valence-electron chi connectivity index (χ1n) is 13.0. The van der Waals surface area contributed by atoms with E-state index in [1.165, 1.54) is 19.3 Å². The van der Waals surface area contributed by atoms with Gasteiger partial charge < -0.3 is 4.55 Å². The minimum Gasteiger partial charge on any atom is -0.598 e. The molecule has 1 aliphatic carbocycles. The predicted molar refractivity (Wildman–Crippen MR) is 154 cm³/mol. The Labute approximate surface area is 224 Å². The van der Waals surface area contributed by atoms with Crippen LogP contribution in [0.5, 0.6) is 0 Å². The third-order valence-electron chi connectivity index (χ3n) is 6.88. The largest absolute Gasteiger partial charge is 0.598 e. The molecule has 1 fully saturated rings. The zero-order valence-electron chi connectivity index (χ0n) is 21.5. The molecule has 4 rings (SSSR count). The highest BCUT2D eigenvalue weighted by atomic mass is 35.5. The lowest BCUT2D eigenvalue weighted by molar-refractivity contribution is 0.263. The minimum atomic E-state index is -1.24. The van der Waals surface area contributed by atoms with Crippen molar-refractivity contribution in [1.82, 2.24) is 4.72 Å². The zero-order chi connectivity index (χ0) is 25.5. The molecular weight excluding hydrogens is 484 g/mol. The fourth-order valence-corrected chi connectivity index (χ4v) is 6.09. The standard InChI is InChI=1S/C31H37ClN2OS/c1-31(2,3)36(35)34-29(25-19-11-6-12-20-25)30(26-21-13-14-22-27(26)32)33-28(23-15-7-4-8-16-23)24-17-9-5-10-18-24/h4-5,7-10,13-18,21-22,25,29-30,34H,6,11-12,19-20H2,1-3H3. The molecule has 3 nitrogen and oxygen atoms in total. The molecule has 190 valence electrons. The molecule has 0 aliphatic heterocycles. The molecule has 0 spiro atoms. The highest BCUT2D eigenvalue weighted by Crippen LogP contribution is 2.38. The van der Waals surface area contributed by atoms with Crippen molar-refractivity contribution in [1.29, 1.82) is 0 Å². The van der Waals surface area contributed by atoms with Crippen LogP contribution in [0.4, 0.5) is 0 Å². The Morgan fingerprint density at radius 1 is 0.861 bits per heavy atom. The third-order valence-corrected chi connectivity index (χ3v) is 8.83. The molecule has 0 heterocycles. The van der Waals surface area contributed by atoms with E-state index in [0.717, 1.165) is 35.2 Å². The first-order valence-corrected chi connectivity index (χ1v) is 14.5. The molecule has 1 aliphatic rings. The number of aliphatic imine (C=N–C) groups is 1. The van der Waals surface area contributed by atoms with Crippen LogP contribution in [0.3, 0.4) is 0 Å². The average molecular weight is 521 g/mol. The minimum absolute atomic E-state index is 0.104. The summed E-state index contributed by atoms with van der Waals surface area (Å²) in [6, 6.07) is 28.2. The van der Waals surface area contributed by atoms with Crippen molar-refractivity contribution in [2.75, 3.05) is 0 Å². The van der Waals surface area contributed by atoms with E-state index >= 15 is 0 Å².